The molecule has 1 aromatic rings. The lowest BCUT2D eigenvalue weighted by Crippen LogP contribution is -2.44. The molecule has 0 radical (unpaired) electrons. The number of carbonyl (C=O) groups excluding carboxylic acids is 2. The maximum atomic E-state index is 12.7. The summed E-state index contributed by atoms with van der Waals surface area (Å²) in [6.07, 6.45) is 0.976. The van der Waals surface area contributed by atoms with E-state index < -0.39 is 40.0 Å². The van der Waals surface area contributed by atoms with Gasteiger partial charge in [0.1, 0.15) is 6.61 Å². The summed E-state index contributed by atoms with van der Waals surface area (Å²) in [5.41, 5.74) is 0.872. The number of carbonyl (C=O) groups is 2. The first-order valence-corrected chi connectivity index (χ1v) is 10.6. The van der Waals surface area contributed by atoms with E-state index >= 15 is 0 Å². The molecule has 2 amide bonds. The zero-order chi connectivity index (χ0) is 19.1. The number of benzene rings is 1. The molecular formula is C18H24N2O5S. The van der Waals surface area contributed by atoms with E-state index in [2.05, 4.69) is 0 Å². The fourth-order valence-corrected chi connectivity index (χ4v) is 5.22. The highest BCUT2D eigenvalue weighted by Crippen LogP contribution is 2.41. The molecule has 26 heavy (non-hydrogen) atoms. The second kappa shape index (κ2) is 6.90. The second-order valence-corrected chi connectivity index (χ2v) is 9.11. The van der Waals surface area contributed by atoms with Crippen LogP contribution in [-0.4, -0.2) is 54.5 Å². The Morgan fingerprint density at radius 1 is 1.27 bits per heavy atom. The van der Waals surface area contributed by atoms with E-state index in [9.17, 15) is 18.0 Å². The van der Waals surface area contributed by atoms with Gasteiger partial charge in [-0.3, -0.25) is 4.79 Å². The van der Waals surface area contributed by atoms with Gasteiger partial charge in [0.25, 0.3) is 0 Å². The third-order valence-corrected chi connectivity index (χ3v) is 6.27. The Bertz CT molecular complexity index is 793. The number of amides is 2. The molecule has 2 aliphatic heterocycles. The lowest BCUT2D eigenvalue weighted by Gasteiger charge is -2.28. The van der Waals surface area contributed by atoms with Crippen molar-refractivity contribution in [3.63, 3.8) is 0 Å². The topological polar surface area (TPSA) is 84.0 Å². The van der Waals surface area contributed by atoms with Gasteiger partial charge in [0.15, 0.2) is 0 Å². The van der Waals surface area contributed by atoms with Gasteiger partial charge in [-0.15, -0.1) is 0 Å². The summed E-state index contributed by atoms with van der Waals surface area (Å²) < 4.78 is 30.6. The second-order valence-electron chi connectivity index (χ2n) is 7.25. The van der Waals surface area contributed by atoms with Crippen LogP contribution in [0.25, 0.3) is 0 Å². The zero-order valence-electron chi connectivity index (χ0n) is 15.2. The quantitative estimate of drug-likeness (QED) is 0.796. The maximum Gasteiger partial charge on any atom is 0.410 e. The van der Waals surface area contributed by atoms with Crippen molar-refractivity contribution in [3.8, 4) is 0 Å². The van der Waals surface area contributed by atoms with Crippen LogP contribution in [0.15, 0.2) is 30.3 Å². The predicted molar refractivity (Wildman–Crippen MR) is 95.5 cm³/mol. The molecule has 0 aromatic heterocycles. The van der Waals surface area contributed by atoms with Crippen LogP contribution in [0, 0.1) is 11.8 Å². The Morgan fingerprint density at radius 2 is 1.92 bits per heavy atom. The van der Waals surface area contributed by atoms with Crippen LogP contribution in [-0.2, 0) is 26.2 Å². The first kappa shape index (κ1) is 18.7. The highest BCUT2D eigenvalue weighted by Gasteiger charge is 2.58. The van der Waals surface area contributed by atoms with Crippen LogP contribution in [0.2, 0.25) is 0 Å². The minimum absolute atomic E-state index is 0.0794. The lowest BCUT2D eigenvalue weighted by atomic mass is 9.88. The predicted octanol–water partition coefficient (Wildman–Crippen LogP) is 1.84. The van der Waals surface area contributed by atoms with Gasteiger partial charge in [-0.25, -0.2) is 17.5 Å². The minimum atomic E-state index is -3.67. The molecule has 1 unspecified atom stereocenters. The normalized spacial score (nSPS) is 25.7. The third-order valence-electron chi connectivity index (χ3n) is 5.11. The van der Waals surface area contributed by atoms with Crippen LogP contribution >= 0.6 is 0 Å². The van der Waals surface area contributed by atoms with Crippen molar-refractivity contribution < 1.29 is 22.7 Å². The molecule has 8 heteroatoms. The summed E-state index contributed by atoms with van der Waals surface area (Å²) in [4.78, 5) is 26.9. The lowest BCUT2D eigenvalue weighted by molar-refractivity contribution is -0.129. The molecule has 2 aliphatic rings. The van der Waals surface area contributed by atoms with Crippen LogP contribution < -0.4 is 0 Å². The van der Waals surface area contributed by atoms with Gasteiger partial charge in [0.2, 0.25) is 15.9 Å². The molecule has 0 saturated carbocycles. The first-order valence-electron chi connectivity index (χ1n) is 8.72. The third kappa shape index (κ3) is 3.30. The van der Waals surface area contributed by atoms with Crippen LogP contribution in [0.4, 0.5) is 4.79 Å². The Labute approximate surface area is 154 Å². The van der Waals surface area contributed by atoms with Crippen molar-refractivity contribution in [3.05, 3.63) is 35.9 Å². The summed E-state index contributed by atoms with van der Waals surface area (Å²) in [6.45, 7) is 4.27. The van der Waals surface area contributed by atoms with Crippen LogP contribution in [0.3, 0.4) is 0 Å². The van der Waals surface area contributed by atoms with Crippen molar-refractivity contribution >= 4 is 22.0 Å². The number of hydrogen-bond donors (Lipinski definition) is 0. The molecule has 1 aromatic carbocycles. The Hall–Kier alpha value is -2.09. The number of ether oxygens (including phenoxy) is 1. The number of likely N-dealkylation sites (tertiary alicyclic amines) is 1. The Balaban J connectivity index is 1.80. The Kier molecular flexibility index (Phi) is 4.96. The van der Waals surface area contributed by atoms with Crippen molar-refractivity contribution in [2.24, 2.45) is 11.8 Å². The molecule has 0 aliphatic carbocycles. The molecule has 7 nitrogen and oxygen atoms in total. The molecule has 2 saturated heterocycles. The molecule has 2 heterocycles. The van der Waals surface area contributed by atoms with E-state index in [4.69, 9.17) is 4.74 Å². The summed E-state index contributed by atoms with van der Waals surface area (Å²) in [5.74, 6) is -1.04. The molecule has 3 atom stereocenters. The van der Waals surface area contributed by atoms with Gasteiger partial charge in [0.05, 0.1) is 24.3 Å². The summed E-state index contributed by atoms with van der Waals surface area (Å²) in [7, 11) is -3.67. The van der Waals surface area contributed by atoms with E-state index in [0.717, 1.165) is 16.1 Å². The highest BCUT2D eigenvalue weighted by molar-refractivity contribution is 7.88. The number of hydrogen-bond acceptors (Lipinski definition) is 5. The van der Waals surface area contributed by atoms with E-state index in [1.165, 1.54) is 4.90 Å². The highest BCUT2D eigenvalue weighted by atomic mass is 32.2. The van der Waals surface area contributed by atoms with Gasteiger partial charge in [-0.05, 0) is 17.9 Å². The number of rotatable bonds is 4. The summed E-state index contributed by atoms with van der Waals surface area (Å²) >= 11 is 0. The molecule has 0 N–H and O–H groups in total. The summed E-state index contributed by atoms with van der Waals surface area (Å²) in [5, 5.41) is 0. The fourth-order valence-electron chi connectivity index (χ4n) is 4.05. The van der Waals surface area contributed by atoms with Gasteiger partial charge in [0, 0.05) is 6.54 Å². The van der Waals surface area contributed by atoms with Crippen molar-refractivity contribution in [1.82, 2.24) is 9.21 Å². The van der Waals surface area contributed by atoms with Crippen LogP contribution in [0.1, 0.15) is 25.8 Å². The van der Waals surface area contributed by atoms with Gasteiger partial charge >= 0.3 is 6.09 Å². The van der Waals surface area contributed by atoms with Crippen LogP contribution in [0.5, 0.6) is 0 Å². The molecule has 0 bridgehead atoms. The zero-order valence-corrected chi connectivity index (χ0v) is 16.0. The Morgan fingerprint density at radius 3 is 2.50 bits per heavy atom. The SMILES string of the molecule is CC(C)C1C(=O)N(S(C)(=O)=O)[C@@H]2CCN(C(=O)OCc3ccccc3)[C@@H]12. The molecule has 2 fully saturated rings. The van der Waals surface area contributed by atoms with Gasteiger partial charge in [-0.2, -0.15) is 0 Å². The average molecular weight is 380 g/mol. The first-order chi connectivity index (χ1) is 12.2. The van der Waals surface area contributed by atoms with Gasteiger partial charge < -0.3 is 9.64 Å². The van der Waals surface area contributed by atoms with E-state index in [0.29, 0.717) is 13.0 Å². The molecule has 0 spiro atoms. The molecule has 3 rings (SSSR count). The van der Waals surface area contributed by atoms with Crippen molar-refractivity contribution in [2.45, 2.75) is 39.0 Å². The number of sulfonamides is 1. The number of fused-ring (bicyclic) bond motifs is 1. The number of nitrogens with zero attached hydrogens (tertiary/aromatic N) is 2. The summed E-state index contributed by atoms with van der Waals surface area (Å²) in [6, 6.07) is 8.36. The standard InChI is InChI=1S/C18H24N2O5S/c1-12(2)15-16-14(20(17(15)21)26(3,23)24)9-10-19(16)18(22)25-11-13-7-5-4-6-8-13/h4-8,12,14-16H,9-11H2,1-3H3/t14-,15?,16-/m1/s1. The maximum absolute atomic E-state index is 12.7. The molecule has 142 valence electrons. The van der Waals surface area contributed by atoms with E-state index in [-0.39, 0.29) is 12.5 Å². The van der Waals surface area contributed by atoms with E-state index in [1.54, 1.807) is 0 Å². The smallest absolute Gasteiger partial charge is 0.410 e. The minimum Gasteiger partial charge on any atom is -0.445 e. The van der Waals surface area contributed by atoms with Crippen molar-refractivity contribution in [2.75, 3.05) is 12.8 Å². The molecular weight excluding hydrogens is 356 g/mol. The van der Waals surface area contributed by atoms with Crippen molar-refractivity contribution in [1.29, 1.82) is 0 Å². The van der Waals surface area contributed by atoms with Gasteiger partial charge in [-0.1, -0.05) is 44.2 Å². The van der Waals surface area contributed by atoms with E-state index in [1.807, 2.05) is 44.2 Å². The average Bonchev–Trinajstić information content (AvgIpc) is 3.08. The monoisotopic (exact) mass is 380 g/mol. The largest absolute Gasteiger partial charge is 0.445 e. The fraction of sp³-hybridized carbons (Fsp3) is 0.556.